The molecule has 0 aromatic carbocycles. The molecule has 0 amide bonds. The molecule has 0 unspecified atom stereocenters. The van der Waals surface area contributed by atoms with Crippen molar-refractivity contribution in [3.8, 4) is 0 Å². The highest BCUT2D eigenvalue weighted by atomic mass is 19.4. The summed E-state index contributed by atoms with van der Waals surface area (Å²) in [6.07, 6.45) is -1.08. The van der Waals surface area contributed by atoms with E-state index < -0.39 is 11.9 Å². The van der Waals surface area contributed by atoms with Gasteiger partial charge in [-0.3, -0.25) is 0 Å². The number of alkyl halides is 3. The molecule has 0 saturated heterocycles. The normalized spacial score (nSPS) is 18.2. The molecule has 1 aliphatic rings. The van der Waals surface area contributed by atoms with Crippen LogP contribution in [-0.2, 0) is 12.7 Å². The van der Waals surface area contributed by atoms with E-state index in [1.807, 2.05) is 0 Å². The highest BCUT2D eigenvalue weighted by Crippen LogP contribution is 2.36. The van der Waals surface area contributed by atoms with Crippen LogP contribution >= 0.6 is 0 Å². The van der Waals surface area contributed by atoms with Crippen LogP contribution in [0.1, 0.15) is 43.1 Å². The minimum atomic E-state index is -4.43. The van der Waals surface area contributed by atoms with Gasteiger partial charge in [0.25, 0.3) is 0 Å². The summed E-state index contributed by atoms with van der Waals surface area (Å²) in [6.45, 7) is -0.235. The van der Waals surface area contributed by atoms with E-state index in [0.29, 0.717) is 0 Å². The molecule has 1 saturated carbocycles. The van der Waals surface area contributed by atoms with Gasteiger partial charge in [0.1, 0.15) is 5.69 Å². The molecule has 2 rings (SSSR count). The summed E-state index contributed by atoms with van der Waals surface area (Å²) >= 11 is 0. The van der Waals surface area contributed by atoms with Gasteiger partial charge in [-0.2, -0.15) is 13.2 Å². The van der Waals surface area contributed by atoms with E-state index in [4.69, 9.17) is 5.73 Å². The molecule has 1 aliphatic carbocycles. The lowest BCUT2D eigenvalue weighted by Gasteiger charge is -2.15. The Bertz CT molecular complexity index is 365. The van der Waals surface area contributed by atoms with Crippen molar-refractivity contribution in [2.45, 2.75) is 44.4 Å². The zero-order valence-electron chi connectivity index (χ0n) is 8.67. The molecule has 1 aromatic rings. The minimum absolute atomic E-state index is 0.167. The lowest BCUT2D eigenvalue weighted by molar-refractivity contribution is -0.145. The lowest BCUT2D eigenvalue weighted by Crippen LogP contribution is -2.20. The molecule has 0 atom stereocenters. The lowest BCUT2D eigenvalue weighted by atomic mass is 10.2. The van der Waals surface area contributed by atoms with Crippen molar-refractivity contribution in [2.75, 3.05) is 0 Å². The molecule has 16 heavy (non-hydrogen) atoms. The average Bonchev–Trinajstić information content (AvgIpc) is 2.84. The molecule has 2 N–H and O–H groups in total. The fraction of sp³-hybridized carbons (Fsp3) is 0.778. The van der Waals surface area contributed by atoms with E-state index in [9.17, 15) is 13.2 Å². The SMILES string of the molecule is NCc1nnn(C2CCCC2)c1C(F)(F)F. The Morgan fingerprint density at radius 3 is 2.44 bits per heavy atom. The van der Waals surface area contributed by atoms with Gasteiger partial charge in [0.2, 0.25) is 0 Å². The van der Waals surface area contributed by atoms with E-state index in [-0.39, 0.29) is 18.3 Å². The van der Waals surface area contributed by atoms with Gasteiger partial charge >= 0.3 is 6.18 Å². The van der Waals surface area contributed by atoms with Crippen LogP contribution in [0.4, 0.5) is 13.2 Å². The predicted octanol–water partition coefficient (Wildman–Crippen LogP) is 1.87. The van der Waals surface area contributed by atoms with Crippen LogP contribution in [0.15, 0.2) is 0 Å². The summed E-state index contributed by atoms with van der Waals surface area (Å²) in [5.74, 6) is 0. The second-order valence-corrected chi connectivity index (χ2v) is 3.97. The van der Waals surface area contributed by atoms with Gasteiger partial charge in [-0.25, -0.2) is 4.68 Å². The second kappa shape index (κ2) is 4.04. The zero-order chi connectivity index (χ0) is 11.8. The predicted molar refractivity (Wildman–Crippen MR) is 50.4 cm³/mol. The fourth-order valence-corrected chi connectivity index (χ4v) is 2.16. The molecule has 0 bridgehead atoms. The summed E-state index contributed by atoms with van der Waals surface area (Å²) in [5.41, 5.74) is 4.30. The third-order valence-corrected chi connectivity index (χ3v) is 2.90. The summed E-state index contributed by atoms with van der Waals surface area (Å²) in [6, 6.07) is -0.176. The Morgan fingerprint density at radius 2 is 1.94 bits per heavy atom. The van der Waals surface area contributed by atoms with E-state index in [0.717, 1.165) is 30.4 Å². The first-order valence-corrected chi connectivity index (χ1v) is 5.25. The highest BCUT2D eigenvalue weighted by Gasteiger charge is 2.40. The maximum atomic E-state index is 12.8. The van der Waals surface area contributed by atoms with Gasteiger partial charge in [-0.1, -0.05) is 18.1 Å². The Labute approximate surface area is 90.6 Å². The van der Waals surface area contributed by atoms with Crippen LogP contribution in [0.2, 0.25) is 0 Å². The van der Waals surface area contributed by atoms with Crippen LogP contribution in [0, 0.1) is 0 Å². The number of hydrogen-bond donors (Lipinski definition) is 1. The number of aromatic nitrogens is 3. The number of rotatable bonds is 2. The smallest absolute Gasteiger partial charge is 0.325 e. The van der Waals surface area contributed by atoms with Gasteiger partial charge in [0, 0.05) is 6.54 Å². The average molecular weight is 234 g/mol. The van der Waals surface area contributed by atoms with Gasteiger partial charge in [0.05, 0.1) is 6.04 Å². The van der Waals surface area contributed by atoms with E-state index in [2.05, 4.69) is 10.3 Å². The van der Waals surface area contributed by atoms with Crippen LogP contribution in [-0.4, -0.2) is 15.0 Å². The zero-order valence-corrected chi connectivity index (χ0v) is 8.67. The molecular formula is C9H13F3N4. The van der Waals surface area contributed by atoms with E-state index in [1.165, 1.54) is 0 Å². The summed E-state index contributed by atoms with van der Waals surface area (Å²) in [4.78, 5) is 0. The molecule has 1 aromatic heterocycles. The van der Waals surface area contributed by atoms with Crippen LogP contribution in [0.3, 0.4) is 0 Å². The topological polar surface area (TPSA) is 56.7 Å². The van der Waals surface area contributed by atoms with Crippen molar-refractivity contribution in [1.29, 1.82) is 0 Å². The molecule has 1 fully saturated rings. The van der Waals surface area contributed by atoms with E-state index >= 15 is 0 Å². The standard InChI is InChI=1S/C9H13F3N4/c10-9(11,12)8-7(5-13)14-15-16(8)6-3-1-2-4-6/h6H,1-5,13H2. The molecule has 0 aliphatic heterocycles. The number of hydrogen-bond acceptors (Lipinski definition) is 3. The highest BCUT2D eigenvalue weighted by molar-refractivity contribution is 5.14. The molecule has 90 valence electrons. The largest absolute Gasteiger partial charge is 0.434 e. The summed E-state index contributed by atoms with van der Waals surface area (Å²) < 4.78 is 39.5. The third-order valence-electron chi connectivity index (χ3n) is 2.90. The Hall–Kier alpha value is -1.11. The number of nitrogens with zero attached hydrogens (tertiary/aromatic N) is 3. The monoisotopic (exact) mass is 234 g/mol. The van der Waals surface area contributed by atoms with E-state index in [1.54, 1.807) is 0 Å². The minimum Gasteiger partial charge on any atom is -0.325 e. The number of halogens is 3. The Balaban J connectivity index is 2.41. The van der Waals surface area contributed by atoms with Crippen molar-refractivity contribution in [3.05, 3.63) is 11.4 Å². The molecule has 1 heterocycles. The van der Waals surface area contributed by atoms with Gasteiger partial charge in [-0.05, 0) is 12.8 Å². The van der Waals surface area contributed by atoms with Crippen LogP contribution in [0.5, 0.6) is 0 Å². The van der Waals surface area contributed by atoms with Crippen molar-refractivity contribution in [1.82, 2.24) is 15.0 Å². The molecular weight excluding hydrogens is 221 g/mol. The first kappa shape index (κ1) is 11.4. The van der Waals surface area contributed by atoms with Gasteiger partial charge in [-0.15, -0.1) is 5.10 Å². The second-order valence-electron chi connectivity index (χ2n) is 3.97. The molecule has 7 heteroatoms. The maximum Gasteiger partial charge on any atom is 0.434 e. The first-order valence-electron chi connectivity index (χ1n) is 5.25. The Kier molecular flexibility index (Phi) is 2.88. The van der Waals surface area contributed by atoms with Gasteiger partial charge in [0.15, 0.2) is 5.69 Å². The fourth-order valence-electron chi connectivity index (χ4n) is 2.16. The summed E-state index contributed by atoms with van der Waals surface area (Å²) in [5, 5.41) is 7.12. The molecule has 0 radical (unpaired) electrons. The van der Waals surface area contributed by atoms with Crippen molar-refractivity contribution in [2.24, 2.45) is 5.73 Å². The van der Waals surface area contributed by atoms with Gasteiger partial charge < -0.3 is 5.73 Å². The van der Waals surface area contributed by atoms with Crippen LogP contribution in [0.25, 0.3) is 0 Å². The van der Waals surface area contributed by atoms with Crippen LogP contribution < -0.4 is 5.73 Å². The van der Waals surface area contributed by atoms with Crippen molar-refractivity contribution in [3.63, 3.8) is 0 Å². The molecule has 0 spiro atoms. The third kappa shape index (κ3) is 1.91. The van der Waals surface area contributed by atoms with Crippen molar-refractivity contribution < 1.29 is 13.2 Å². The van der Waals surface area contributed by atoms with Crippen molar-refractivity contribution >= 4 is 0 Å². The maximum absolute atomic E-state index is 12.8. The molecule has 4 nitrogen and oxygen atoms in total. The first-order chi connectivity index (χ1) is 7.54. The summed E-state index contributed by atoms with van der Waals surface area (Å²) in [7, 11) is 0. The Morgan fingerprint density at radius 1 is 1.31 bits per heavy atom. The quantitative estimate of drug-likeness (QED) is 0.849. The number of nitrogens with two attached hydrogens (primary N) is 1.